The Labute approximate surface area is 203 Å². The fourth-order valence-electron chi connectivity index (χ4n) is 4.71. The van der Waals surface area contributed by atoms with E-state index >= 15 is 4.39 Å². The second kappa shape index (κ2) is 9.06. The quantitative estimate of drug-likeness (QED) is 0.685. The van der Waals surface area contributed by atoms with E-state index in [9.17, 15) is 4.79 Å². The Kier molecular flexibility index (Phi) is 6.07. The number of nitrogens with two attached hydrogens (primary N) is 1. The van der Waals surface area contributed by atoms with Crippen LogP contribution in [0.2, 0.25) is 0 Å². The number of nitrogen functional groups attached to an aromatic ring is 1. The van der Waals surface area contributed by atoms with Crippen LogP contribution in [0.4, 0.5) is 26.9 Å². The number of fused-ring (bicyclic) bond motifs is 1. The van der Waals surface area contributed by atoms with E-state index in [1.54, 1.807) is 33.2 Å². The Bertz CT molecular complexity index is 1090. The third-order valence-electron chi connectivity index (χ3n) is 6.36. The molecule has 2 atom stereocenters. The lowest BCUT2D eigenvalue weighted by Gasteiger charge is -2.30. The number of nitrogens with zero attached hydrogens (tertiary/aromatic N) is 7. The number of anilines is 3. The van der Waals surface area contributed by atoms with Crippen molar-refractivity contribution in [1.82, 2.24) is 24.8 Å². The van der Waals surface area contributed by atoms with Gasteiger partial charge in [-0.05, 0) is 27.2 Å². The van der Waals surface area contributed by atoms with Crippen LogP contribution in [0.25, 0.3) is 11.3 Å². The minimum atomic E-state index is -1.22. The zero-order chi connectivity index (χ0) is 24.7. The third kappa shape index (κ3) is 4.79. The predicted molar refractivity (Wildman–Crippen MR) is 128 cm³/mol. The van der Waals surface area contributed by atoms with Crippen molar-refractivity contribution in [2.45, 2.75) is 45.0 Å². The first-order chi connectivity index (χ1) is 16.7. The fraction of sp³-hybridized carbons (Fsp3) is 0.609. The van der Waals surface area contributed by atoms with Crippen molar-refractivity contribution in [3.63, 3.8) is 0 Å². The summed E-state index contributed by atoms with van der Waals surface area (Å²) >= 11 is 0. The van der Waals surface area contributed by atoms with Crippen LogP contribution < -0.4 is 15.5 Å². The number of rotatable bonds is 3. The highest BCUT2D eigenvalue weighted by Gasteiger charge is 2.43. The molecular formula is C23H31FN8O3. The zero-order valence-corrected chi connectivity index (χ0v) is 20.3. The molecule has 188 valence electrons. The standard InChI is InChI=1S/C23H31FN8O3/c1-23(2,3)35-22(33)31-12-16(24)17(13-31)32-5-4-15-18(14-10-26-20(25)27-11-14)28-21(29-19(15)32)30-6-8-34-9-7-30/h10-11,16-17H,4-9,12-13H2,1-3H3,(H2,25,26,27)/t16-,17+/m0/s1. The first-order valence-corrected chi connectivity index (χ1v) is 11.9. The van der Waals surface area contributed by atoms with Gasteiger partial charge in [0.2, 0.25) is 11.9 Å². The van der Waals surface area contributed by atoms with E-state index in [2.05, 4.69) is 14.9 Å². The van der Waals surface area contributed by atoms with Crippen LogP contribution in [0.1, 0.15) is 26.3 Å². The number of likely N-dealkylation sites (tertiary alicyclic amines) is 1. The molecule has 5 heterocycles. The number of hydrogen-bond donors (Lipinski definition) is 1. The van der Waals surface area contributed by atoms with Crippen molar-refractivity contribution in [1.29, 1.82) is 0 Å². The van der Waals surface area contributed by atoms with Crippen LogP contribution in [-0.2, 0) is 15.9 Å². The van der Waals surface area contributed by atoms with Gasteiger partial charge in [-0.3, -0.25) is 0 Å². The molecule has 35 heavy (non-hydrogen) atoms. The second-order valence-electron chi connectivity index (χ2n) is 10.0. The third-order valence-corrected chi connectivity index (χ3v) is 6.36. The molecule has 2 N–H and O–H groups in total. The first-order valence-electron chi connectivity index (χ1n) is 11.9. The molecule has 0 aliphatic carbocycles. The molecule has 5 rings (SSSR count). The molecular weight excluding hydrogens is 455 g/mol. The van der Waals surface area contributed by atoms with Crippen LogP contribution in [0, 0.1) is 0 Å². The van der Waals surface area contributed by atoms with Gasteiger partial charge < -0.3 is 29.9 Å². The highest BCUT2D eigenvalue weighted by molar-refractivity contribution is 5.73. The fourth-order valence-corrected chi connectivity index (χ4v) is 4.71. The molecule has 0 aromatic carbocycles. The Balaban J connectivity index is 1.48. The predicted octanol–water partition coefficient (Wildman–Crippen LogP) is 1.67. The summed E-state index contributed by atoms with van der Waals surface area (Å²) in [4.78, 5) is 36.1. The molecule has 12 heteroatoms. The van der Waals surface area contributed by atoms with Crippen LogP contribution in [0.3, 0.4) is 0 Å². The summed E-state index contributed by atoms with van der Waals surface area (Å²) < 4.78 is 26.3. The topological polar surface area (TPSA) is 123 Å². The summed E-state index contributed by atoms with van der Waals surface area (Å²) in [5.41, 5.74) is 7.41. The van der Waals surface area contributed by atoms with Crippen molar-refractivity contribution in [2.75, 3.05) is 61.5 Å². The molecule has 2 saturated heterocycles. The van der Waals surface area contributed by atoms with Crippen molar-refractivity contribution in [3.05, 3.63) is 18.0 Å². The van der Waals surface area contributed by atoms with E-state index in [1.807, 2.05) is 4.90 Å². The minimum Gasteiger partial charge on any atom is -0.444 e. The summed E-state index contributed by atoms with van der Waals surface area (Å²) in [5.74, 6) is 1.43. The number of amides is 1. The molecule has 0 bridgehead atoms. The minimum absolute atomic E-state index is 0.00846. The van der Waals surface area contributed by atoms with Gasteiger partial charge in [0.1, 0.15) is 17.6 Å². The van der Waals surface area contributed by atoms with Gasteiger partial charge in [0.05, 0.1) is 31.5 Å². The lowest BCUT2D eigenvalue weighted by Crippen LogP contribution is -2.42. The van der Waals surface area contributed by atoms with Crippen molar-refractivity contribution < 1.29 is 18.7 Å². The summed E-state index contributed by atoms with van der Waals surface area (Å²) in [6.45, 7) is 8.70. The van der Waals surface area contributed by atoms with Crippen LogP contribution in [-0.4, -0.2) is 94.7 Å². The average molecular weight is 487 g/mol. The molecule has 0 unspecified atom stereocenters. The number of carbonyl (C=O) groups excluding carboxylic acids is 1. The number of alkyl halides is 1. The number of morpholine rings is 1. The summed E-state index contributed by atoms with van der Waals surface area (Å²) in [6.07, 6.45) is 2.22. The zero-order valence-electron chi connectivity index (χ0n) is 20.3. The Hall–Kier alpha value is -3.28. The largest absolute Gasteiger partial charge is 0.444 e. The van der Waals surface area contributed by atoms with Gasteiger partial charge in [0, 0.05) is 49.7 Å². The molecule has 0 spiro atoms. The average Bonchev–Trinajstić information content (AvgIpc) is 3.42. The number of aromatic nitrogens is 4. The van der Waals surface area contributed by atoms with E-state index in [1.165, 1.54) is 4.90 Å². The van der Waals surface area contributed by atoms with Gasteiger partial charge in [0.15, 0.2) is 0 Å². The molecule has 2 aromatic heterocycles. The van der Waals surface area contributed by atoms with Crippen LogP contribution in [0.15, 0.2) is 12.4 Å². The van der Waals surface area contributed by atoms with Crippen molar-refractivity contribution in [2.24, 2.45) is 0 Å². The smallest absolute Gasteiger partial charge is 0.410 e. The molecule has 0 saturated carbocycles. The first kappa shape index (κ1) is 23.5. The van der Waals surface area contributed by atoms with Crippen LogP contribution >= 0.6 is 0 Å². The number of halogens is 1. The summed E-state index contributed by atoms with van der Waals surface area (Å²) in [6, 6.07) is -0.522. The molecule has 3 aliphatic rings. The number of ether oxygens (including phenoxy) is 2. The van der Waals surface area contributed by atoms with Gasteiger partial charge >= 0.3 is 6.09 Å². The van der Waals surface area contributed by atoms with Gasteiger partial charge in [-0.15, -0.1) is 0 Å². The van der Waals surface area contributed by atoms with Crippen molar-refractivity contribution >= 4 is 23.8 Å². The highest BCUT2D eigenvalue weighted by Crippen LogP contribution is 2.38. The Morgan fingerprint density at radius 2 is 1.86 bits per heavy atom. The molecule has 2 aromatic rings. The van der Waals surface area contributed by atoms with Gasteiger partial charge in [-0.2, -0.15) is 4.98 Å². The lowest BCUT2D eigenvalue weighted by molar-refractivity contribution is 0.0283. The van der Waals surface area contributed by atoms with Gasteiger partial charge in [0.25, 0.3) is 0 Å². The SMILES string of the molecule is CC(C)(C)OC(=O)N1C[C@@H](N2CCc3c(-c4cnc(N)nc4)nc(N4CCOCC4)nc32)[C@@H](F)C1. The summed E-state index contributed by atoms with van der Waals surface area (Å²) in [5, 5.41) is 0. The Morgan fingerprint density at radius 1 is 1.14 bits per heavy atom. The van der Waals surface area contributed by atoms with E-state index in [0.717, 1.165) is 16.8 Å². The van der Waals surface area contributed by atoms with E-state index in [4.69, 9.17) is 25.2 Å². The molecule has 3 aliphatic heterocycles. The lowest BCUT2D eigenvalue weighted by atomic mass is 10.1. The molecule has 0 radical (unpaired) electrons. The van der Waals surface area contributed by atoms with E-state index < -0.39 is 23.9 Å². The maximum atomic E-state index is 15.3. The van der Waals surface area contributed by atoms with Gasteiger partial charge in [-0.25, -0.2) is 24.1 Å². The molecule has 2 fully saturated rings. The number of hydrogen-bond acceptors (Lipinski definition) is 10. The van der Waals surface area contributed by atoms with Crippen LogP contribution in [0.5, 0.6) is 0 Å². The van der Waals surface area contributed by atoms with Crippen molar-refractivity contribution in [3.8, 4) is 11.3 Å². The number of carbonyl (C=O) groups is 1. The maximum Gasteiger partial charge on any atom is 0.410 e. The highest BCUT2D eigenvalue weighted by atomic mass is 19.1. The van der Waals surface area contributed by atoms with Gasteiger partial charge in [-0.1, -0.05) is 0 Å². The Morgan fingerprint density at radius 3 is 2.54 bits per heavy atom. The maximum absolute atomic E-state index is 15.3. The van der Waals surface area contributed by atoms with E-state index in [0.29, 0.717) is 51.0 Å². The molecule has 11 nitrogen and oxygen atoms in total. The monoisotopic (exact) mass is 486 g/mol. The normalized spacial score (nSPS) is 22.5. The molecule has 1 amide bonds. The summed E-state index contributed by atoms with van der Waals surface area (Å²) in [7, 11) is 0. The van der Waals surface area contributed by atoms with E-state index in [-0.39, 0.29) is 19.0 Å². The second-order valence-corrected chi connectivity index (χ2v) is 10.0.